The van der Waals surface area contributed by atoms with E-state index in [1.807, 2.05) is 0 Å². The molecule has 30 heavy (non-hydrogen) atoms. The summed E-state index contributed by atoms with van der Waals surface area (Å²) in [5, 5.41) is 0. The maximum absolute atomic E-state index is 5.88. The van der Waals surface area contributed by atoms with Crippen molar-refractivity contribution in [3.8, 4) is 11.5 Å². The van der Waals surface area contributed by atoms with Crippen molar-refractivity contribution in [3.05, 3.63) is 52.7 Å². The standard InChI is InChI=1S/C26H34O4/c1-15-11-23(29-5)19(13-21(15)27-3)25-17-7-9-18(10-8-17)26(25)20-14-22(28-4)16(2)12-24(20)30-6/h11-14,17-18,25-26H,7-10H2,1-6H3/q+1/t17?,18?,25-,26+. The Morgan fingerprint density at radius 2 is 1.43 bits per heavy atom. The van der Waals surface area contributed by atoms with Crippen molar-refractivity contribution >= 4 is 5.78 Å². The first-order valence-corrected chi connectivity index (χ1v) is 11.0. The number of methoxy groups -OCH3 is 3. The molecule has 0 aromatic heterocycles. The predicted octanol–water partition coefficient (Wildman–Crippen LogP) is 5.33. The zero-order chi connectivity index (χ0) is 21.4. The molecular weight excluding hydrogens is 376 g/mol. The quantitative estimate of drug-likeness (QED) is 0.616. The summed E-state index contributed by atoms with van der Waals surface area (Å²) in [5.74, 6) is 4.86. The molecule has 3 saturated carbocycles. The topological polar surface area (TPSA) is 39.0 Å². The Kier molecular flexibility index (Phi) is 6.06. The molecule has 4 aliphatic rings. The van der Waals surface area contributed by atoms with E-state index in [0.29, 0.717) is 23.7 Å². The third kappa shape index (κ3) is 3.49. The van der Waals surface area contributed by atoms with Gasteiger partial charge in [0.2, 0.25) is 0 Å². The second-order valence-corrected chi connectivity index (χ2v) is 8.85. The van der Waals surface area contributed by atoms with Crippen molar-refractivity contribution in [2.24, 2.45) is 17.8 Å². The second kappa shape index (κ2) is 8.58. The number of carbonyl (C=O) groups excluding carboxylic acids is 1. The van der Waals surface area contributed by atoms with Crippen LogP contribution in [0, 0.1) is 30.8 Å². The summed E-state index contributed by atoms with van der Waals surface area (Å²) in [4.78, 5) is 0. The number of allylic oxidation sites excluding steroid dienone is 2. The molecule has 0 saturated heterocycles. The molecule has 0 unspecified atom stereocenters. The predicted molar refractivity (Wildman–Crippen MR) is 119 cm³/mol. The Labute approximate surface area is 180 Å². The van der Waals surface area contributed by atoms with Crippen LogP contribution >= 0.6 is 0 Å². The van der Waals surface area contributed by atoms with Gasteiger partial charge in [0, 0.05) is 18.7 Å². The van der Waals surface area contributed by atoms with Crippen LogP contribution < -0.4 is 9.47 Å². The highest BCUT2D eigenvalue weighted by molar-refractivity contribution is 6.06. The van der Waals surface area contributed by atoms with Crippen LogP contribution in [-0.4, -0.2) is 34.2 Å². The molecule has 161 valence electrons. The van der Waals surface area contributed by atoms with Crippen LogP contribution in [0.2, 0.25) is 0 Å². The van der Waals surface area contributed by atoms with E-state index >= 15 is 0 Å². The minimum Gasteiger partial charge on any atom is -0.496 e. The Balaban J connectivity index is 1.85. The van der Waals surface area contributed by atoms with Gasteiger partial charge in [0.15, 0.2) is 0 Å². The lowest BCUT2D eigenvalue weighted by Gasteiger charge is -2.51. The van der Waals surface area contributed by atoms with E-state index in [0.717, 1.165) is 34.5 Å². The number of hydrogen-bond donors (Lipinski definition) is 0. The average Bonchev–Trinajstić information content (AvgIpc) is 2.78. The molecule has 1 radical (unpaired) electrons. The Bertz CT molecular complexity index is 887. The third-order valence-corrected chi connectivity index (χ3v) is 7.43. The summed E-state index contributed by atoms with van der Waals surface area (Å²) >= 11 is 0. The molecule has 3 fully saturated rings. The van der Waals surface area contributed by atoms with Crippen molar-refractivity contribution in [3.63, 3.8) is 0 Å². The molecule has 4 heteroatoms. The monoisotopic (exact) mass is 410 g/mol. The number of benzene rings is 1. The van der Waals surface area contributed by atoms with Gasteiger partial charge in [-0.1, -0.05) is 0 Å². The highest BCUT2D eigenvalue weighted by Gasteiger charge is 2.49. The van der Waals surface area contributed by atoms with Gasteiger partial charge in [-0.2, -0.15) is 0 Å². The van der Waals surface area contributed by atoms with Gasteiger partial charge in [0.25, 0.3) is 7.11 Å². The second-order valence-electron chi connectivity index (χ2n) is 8.85. The first kappa shape index (κ1) is 21.2. The van der Waals surface area contributed by atoms with E-state index in [2.05, 4.69) is 38.1 Å². The van der Waals surface area contributed by atoms with E-state index in [9.17, 15) is 0 Å². The molecule has 5 rings (SSSR count). The fourth-order valence-electron chi connectivity index (χ4n) is 6.01. The zero-order valence-corrected chi connectivity index (χ0v) is 19.1. The summed E-state index contributed by atoms with van der Waals surface area (Å²) < 4.78 is 23.1. The number of fused-ring (bicyclic) bond motifs is 3. The Morgan fingerprint density at radius 1 is 0.800 bits per heavy atom. The van der Waals surface area contributed by atoms with Crippen LogP contribution in [0.15, 0.2) is 35.4 Å². The van der Waals surface area contributed by atoms with Gasteiger partial charge >= 0.3 is 5.78 Å². The summed E-state index contributed by atoms with van der Waals surface area (Å²) in [6.07, 6.45) is 10.4. The SMILES string of the molecule is CO[C]1C=C(C)C(=[O+]C)C=C1[C@H]1C2CCC(CC2)[C@H]1c1cc(OC)c(C)cc1OC. The third-order valence-electron chi connectivity index (χ3n) is 7.43. The molecule has 2 bridgehead atoms. The van der Waals surface area contributed by atoms with Crippen LogP contribution in [-0.2, 0) is 9.16 Å². The van der Waals surface area contributed by atoms with Crippen LogP contribution in [0.3, 0.4) is 0 Å². The number of ketones is 1. The molecule has 0 amide bonds. The van der Waals surface area contributed by atoms with Crippen molar-refractivity contribution in [2.75, 3.05) is 28.4 Å². The van der Waals surface area contributed by atoms with Gasteiger partial charge in [0.05, 0.1) is 19.8 Å². The highest BCUT2D eigenvalue weighted by Crippen LogP contribution is 2.59. The molecule has 4 nitrogen and oxygen atoms in total. The molecule has 0 heterocycles. The lowest BCUT2D eigenvalue weighted by molar-refractivity contribution is -0.418. The van der Waals surface area contributed by atoms with Crippen LogP contribution in [0.1, 0.15) is 49.7 Å². The molecule has 1 aromatic carbocycles. The minimum absolute atomic E-state index is 0.378. The van der Waals surface area contributed by atoms with Crippen LogP contribution in [0.25, 0.3) is 0 Å². The van der Waals surface area contributed by atoms with Crippen molar-refractivity contribution in [1.82, 2.24) is 0 Å². The summed E-state index contributed by atoms with van der Waals surface area (Å²) in [6, 6.07) is 4.34. The van der Waals surface area contributed by atoms with E-state index in [4.69, 9.17) is 18.6 Å². The smallest absolute Gasteiger partial charge is 0.345 e. The fourth-order valence-corrected chi connectivity index (χ4v) is 6.01. The normalized spacial score (nSPS) is 30.3. The highest BCUT2D eigenvalue weighted by atomic mass is 16.5. The first-order chi connectivity index (χ1) is 14.5. The number of aryl methyl sites for hydroxylation is 1. The van der Waals surface area contributed by atoms with Gasteiger partial charge in [0.1, 0.15) is 17.6 Å². The molecule has 0 aliphatic heterocycles. The van der Waals surface area contributed by atoms with E-state index in [1.54, 1.807) is 28.4 Å². The average molecular weight is 411 g/mol. The fraction of sp³-hybridized carbons (Fsp3) is 0.538. The van der Waals surface area contributed by atoms with Crippen molar-refractivity contribution in [1.29, 1.82) is 0 Å². The molecule has 2 atom stereocenters. The van der Waals surface area contributed by atoms with Crippen LogP contribution in [0.4, 0.5) is 0 Å². The van der Waals surface area contributed by atoms with Crippen molar-refractivity contribution < 1.29 is 18.6 Å². The van der Waals surface area contributed by atoms with Gasteiger partial charge in [-0.05, 0) is 92.5 Å². The first-order valence-electron chi connectivity index (χ1n) is 11.0. The van der Waals surface area contributed by atoms with Gasteiger partial charge in [-0.3, -0.25) is 4.42 Å². The maximum Gasteiger partial charge on any atom is 0.345 e. The molecule has 0 N–H and O–H groups in total. The Morgan fingerprint density at radius 3 is 2.00 bits per heavy atom. The number of rotatable bonds is 5. The zero-order valence-electron chi connectivity index (χ0n) is 19.1. The van der Waals surface area contributed by atoms with Gasteiger partial charge in [-0.15, -0.1) is 0 Å². The Hall–Kier alpha value is -2.07. The van der Waals surface area contributed by atoms with E-state index < -0.39 is 0 Å². The van der Waals surface area contributed by atoms with E-state index in [-0.39, 0.29) is 0 Å². The van der Waals surface area contributed by atoms with Crippen LogP contribution in [0.5, 0.6) is 11.5 Å². The van der Waals surface area contributed by atoms with E-state index in [1.165, 1.54) is 36.8 Å². The number of ether oxygens (including phenoxy) is 3. The van der Waals surface area contributed by atoms with Crippen molar-refractivity contribution in [2.45, 2.75) is 45.4 Å². The lowest BCUT2D eigenvalue weighted by atomic mass is 9.54. The molecular formula is C26H34O4+. The summed E-state index contributed by atoms with van der Waals surface area (Å²) in [5.41, 5.74) is 4.73. The largest absolute Gasteiger partial charge is 0.496 e. The summed E-state index contributed by atoms with van der Waals surface area (Å²) in [7, 11) is 7.04. The summed E-state index contributed by atoms with van der Waals surface area (Å²) in [6.45, 7) is 4.15. The molecule has 1 aromatic rings. The maximum atomic E-state index is 5.88. The molecule has 4 aliphatic carbocycles. The van der Waals surface area contributed by atoms with Gasteiger partial charge in [-0.25, -0.2) is 0 Å². The lowest BCUT2D eigenvalue weighted by Crippen LogP contribution is -2.41. The van der Waals surface area contributed by atoms with Gasteiger partial charge < -0.3 is 14.2 Å². The minimum atomic E-state index is 0.378. The number of hydrogen-bond acceptors (Lipinski definition) is 3. The molecule has 0 spiro atoms.